The smallest absolute Gasteiger partial charge is 0.225 e. The van der Waals surface area contributed by atoms with Gasteiger partial charge in [0, 0.05) is 32.2 Å². The summed E-state index contributed by atoms with van der Waals surface area (Å²) in [5, 5.41) is 3.02. The van der Waals surface area contributed by atoms with E-state index in [-0.39, 0.29) is 17.7 Å². The van der Waals surface area contributed by atoms with E-state index in [4.69, 9.17) is 4.74 Å². The third-order valence-electron chi connectivity index (χ3n) is 5.33. The first-order chi connectivity index (χ1) is 12.2. The van der Waals surface area contributed by atoms with Crippen molar-refractivity contribution in [1.29, 1.82) is 0 Å². The highest BCUT2D eigenvalue weighted by molar-refractivity contribution is 5.89. The maximum atomic E-state index is 12.5. The molecule has 0 spiro atoms. The van der Waals surface area contributed by atoms with E-state index in [1.54, 1.807) is 0 Å². The molecule has 1 saturated carbocycles. The first-order valence-electron chi connectivity index (χ1n) is 9.40. The van der Waals surface area contributed by atoms with Gasteiger partial charge in [-0.05, 0) is 30.9 Å². The van der Waals surface area contributed by atoms with Crippen molar-refractivity contribution in [3.8, 4) is 0 Å². The van der Waals surface area contributed by atoms with Crippen LogP contribution in [0.2, 0.25) is 0 Å². The van der Waals surface area contributed by atoms with E-state index in [0.717, 1.165) is 24.0 Å². The van der Waals surface area contributed by atoms with Crippen LogP contribution < -0.4 is 5.32 Å². The lowest BCUT2D eigenvalue weighted by Crippen LogP contribution is -2.36. The van der Waals surface area contributed by atoms with Gasteiger partial charge < -0.3 is 15.0 Å². The van der Waals surface area contributed by atoms with Crippen LogP contribution in [0.15, 0.2) is 24.3 Å². The largest absolute Gasteiger partial charge is 0.377 e. The highest BCUT2D eigenvalue weighted by Crippen LogP contribution is 2.29. The Morgan fingerprint density at radius 2 is 1.96 bits per heavy atom. The van der Waals surface area contributed by atoms with E-state index < -0.39 is 0 Å². The monoisotopic (exact) mass is 344 g/mol. The summed E-state index contributed by atoms with van der Waals surface area (Å²) in [7, 11) is 0. The Hall–Kier alpha value is -1.88. The maximum absolute atomic E-state index is 12.5. The molecule has 1 aliphatic carbocycles. The molecule has 5 nitrogen and oxygen atoms in total. The molecule has 0 radical (unpaired) electrons. The number of benzene rings is 1. The third kappa shape index (κ3) is 4.40. The topological polar surface area (TPSA) is 58.6 Å². The van der Waals surface area contributed by atoms with E-state index in [0.29, 0.717) is 38.8 Å². The Morgan fingerprint density at radius 3 is 2.68 bits per heavy atom. The molecule has 25 heavy (non-hydrogen) atoms. The number of carbonyl (C=O) groups excluding carboxylic acids is 2. The fourth-order valence-corrected chi connectivity index (χ4v) is 3.89. The third-order valence-corrected chi connectivity index (χ3v) is 5.33. The standard InChI is InChI=1S/C20H28N2O3/c1-2-25-14-16-8-4-3-7-15(16)12-21-20(24)17-11-19(23)22(13-17)18-9-5-6-10-18/h3-4,7-8,17-18H,2,5-6,9-14H2,1H3,(H,21,24). The number of rotatable bonds is 7. The number of carbonyl (C=O) groups is 2. The number of hydrogen-bond acceptors (Lipinski definition) is 3. The molecular weight excluding hydrogens is 316 g/mol. The van der Waals surface area contributed by atoms with Gasteiger partial charge in [-0.15, -0.1) is 0 Å². The Balaban J connectivity index is 1.54. The van der Waals surface area contributed by atoms with Crippen LogP contribution in [0.4, 0.5) is 0 Å². The van der Waals surface area contributed by atoms with E-state index in [1.807, 2.05) is 36.1 Å². The minimum Gasteiger partial charge on any atom is -0.377 e. The van der Waals surface area contributed by atoms with Gasteiger partial charge >= 0.3 is 0 Å². The molecule has 1 aliphatic heterocycles. The van der Waals surface area contributed by atoms with Crippen LogP contribution in [0.1, 0.15) is 50.2 Å². The Bertz CT molecular complexity index is 611. The van der Waals surface area contributed by atoms with Crippen molar-refractivity contribution in [2.45, 2.75) is 58.2 Å². The zero-order valence-electron chi connectivity index (χ0n) is 15.0. The highest BCUT2D eigenvalue weighted by atomic mass is 16.5. The van der Waals surface area contributed by atoms with Crippen molar-refractivity contribution in [3.63, 3.8) is 0 Å². The van der Waals surface area contributed by atoms with E-state index in [1.165, 1.54) is 12.8 Å². The van der Waals surface area contributed by atoms with Gasteiger partial charge in [0.25, 0.3) is 0 Å². The maximum Gasteiger partial charge on any atom is 0.225 e. The molecule has 2 aliphatic rings. The zero-order valence-corrected chi connectivity index (χ0v) is 15.0. The van der Waals surface area contributed by atoms with E-state index in [2.05, 4.69) is 5.32 Å². The lowest BCUT2D eigenvalue weighted by molar-refractivity contribution is -0.130. The van der Waals surface area contributed by atoms with Crippen molar-refractivity contribution in [3.05, 3.63) is 35.4 Å². The molecule has 1 aromatic rings. The number of nitrogens with one attached hydrogen (secondary N) is 1. The molecular formula is C20H28N2O3. The van der Waals surface area contributed by atoms with Gasteiger partial charge in [0.1, 0.15) is 0 Å². The normalized spacial score (nSPS) is 21.1. The molecule has 0 bridgehead atoms. The van der Waals surface area contributed by atoms with Crippen molar-refractivity contribution in [1.82, 2.24) is 10.2 Å². The van der Waals surface area contributed by atoms with Crippen molar-refractivity contribution in [2.75, 3.05) is 13.2 Å². The first-order valence-corrected chi connectivity index (χ1v) is 9.40. The summed E-state index contributed by atoms with van der Waals surface area (Å²) in [5.41, 5.74) is 2.17. The van der Waals surface area contributed by atoms with Crippen molar-refractivity contribution >= 4 is 11.8 Å². The molecule has 1 saturated heterocycles. The fourth-order valence-electron chi connectivity index (χ4n) is 3.89. The number of likely N-dealkylation sites (tertiary alicyclic amines) is 1. The van der Waals surface area contributed by atoms with Gasteiger partial charge in [0.2, 0.25) is 11.8 Å². The number of ether oxygens (including phenoxy) is 1. The minimum absolute atomic E-state index is 0.0138. The number of hydrogen-bond donors (Lipinski definition) is 1. The van der Waals surface area contributed by atoms with Crippen LogP contribution in [0, 0.1) is 5.92 Å². The van der Waals surface area contributed by atoms with Gasteiger partial charge in [-0.2, -0.15) is 0 Å². The summed E-state index contributed by atoms with van der Waals surface area (Å²) < 4.78 is 5.49. The first kappa shape index (κ1) is 17.9. The molecule has 136 valence electrons. The molecule has 2 fully saturated rings. The highest BCUT2D eigenvalue weighted by Gasteiger charge is 2.38. The van der Waals surface area contributed by atoms with Crippen molar-refractivity contribution in [2.24, 2.45) is 5.92 Å². The van der Waals surface area contributed by atoms with Crippen LogP contribution >= 0.6 is 0 Å². The minimum atomic E-state index is -0.216. The van der Waals surface area contributed by atoms with Crippen LogP contribution in [-0.2, 0) is 27.5 Å². The summed E-state index contributed by atoms with van der Waals surface area (Å²) in [5.74, 6) is -0.0870. The Labute approximate surface area is 149 Å². The molecule has 2 amide bonds. The number of nitrogens with zero attached hydrogens (tertiary/aromatic N) is 1. The lowest BCUT2D eigenvalue weighted by atomic mass is 10.1. The fraction of sp³-hybridized carbons (Fsp3) is 0.600. The predicted octanol–water partition coefficient (Wildman–Crippen LogP) is 2.63. The van der Waals surface area contributed by atoms with E-state index in [9.17, 15) is 9.59 Å². The second-order valence-corrected chi connectivity index (χ2v) is 7.01. The molecule has 5 heteroatoms. The van der Waals surface area contributed by atoms with E-state index >= 15 is 0 Å². The summed E-state index contributed by atoms with van der Waals surface area (Å²) in [6.45, 7) is 4.26. The average molecular weight is 344 g/mol. The summed E-state index contributed by atoms with van der Waals surface area (Å²) in [4.78, 5) is 26.7. The molecule has 0 aromatic heterocycles. The second kappa shape index (κ2) is 8.48. The average Bonchev–Trinajstić information content (AvgIpc) is 3.28. The molecule has 1 unspecified atom stereocenters. The van der Waals surface area contributed by atoms with Gasteiger partial charge in [0.15, 0.2) is 0 Å². The van der Waals surface area contributed by atoms with Crippen molar-refractivity contribution < 1.29 is 14.3 Å². The molecule has 1 aromatic carbocycles. The van der Waals surface area contributed by atoms with Gasteiger partial charge in [-0.25, -0.2) is 0 Å². The molecule has 3 rings (SSSR count). The zero-order chi connectivity index (χ0) is 17.6. The summed E-state index contributed by atoms with van der Waals surface area (Å²) in [6.07, 6.45) is 4.92. The van der Waals surface area contributed by atoms with Gasteiger partial charge in [0.05, 0.1) is 12.5 Å². The SMILES string of the molecule is CCOCc1ccccc1CNC(=O)C1CC(=O)N(C2CCCC2)C1. The van der Waals surface area contributed by atoms with Crippen LogP contribution in [0.5, 0.6) is 0 Å². The van der Waals surface area contributed by atoms with Gasteiger partial charge in [-0.3, -0.25) is 9.59 Å². The second-order valence-electron chi connectivity index (χ2n) is 7.01. The Kier molecular flexibility index (Phi) is 6.08. The lowest BCUT2D eigenvalue weighted by Gasteiger charge is -2.23. The van der Waals surface area contributed by atoms with Crippen LogP contribution in [0.3, 0.4) is 0 Å². The molecule has 1 heterocycles. The van der Waals surface area contributed by atoms with Crippen LogP contribution in [0.25, 0.3) is 0 Å². The molecule has 1 N–H and O–H groups in total. The quantitative estimate of drug-likeness (QED) is 0.827. The Morgan fingerprint density at radius 1 is 1.24 bits per heavy atom. The molecule has 1 atom stereocenters. The van der Waals surface area contributed by atoms with Crippen LogP contribution in [-0.4, -0.2) is 35.9 Å². The predicted molar refractivity (Wildman–Crippen MR) is 95.7 cm³/mol. The summed E-state index contributed by atoms with van der Waals surface area (Å²) in [6, 6.07) is 8.35. The summed E-state index contributed by atoms with van der Waals surface area (Å²) >= 11 is 0. The van der Waals surface area contributed by atoms with Gasteiger partial charge in [-0.1, -0.05) is 37.1 Å². The number of amides is 2.